The molecule has 1 N–H and O–H groups in total. The molecule has 0 bridgehead atoms. The van der Waals surface area contributed by atoms with Crippen molar-refractivity contribution in [1.82, 2.24) is 0 Å². The molecule has 0 radical (unpaired) electrons. The number of hydrogen-bond donors (Lipinski definition) is 1. The third-order valence-corrected chi connectivity index (χ3v) is 3.55. The number of nitrogens with one attached hydrogen (secondary N) is 1. The van der Waals surface area contributed by atoms with E-state index in [-0.39, 0.29) is 22.6 Å². The number of carbonyl (C=O) groups is 2. The van der Waals surface area contributed by atoms with Crippen molar-refractivity contribution in [3.8, 4) is 0 Å². The van der Waals surface area contributed by atoms with Crippen LogP contribution in [0.2, 0.25) is 0 Å². The first-order chi connectivity index (χ1) is 13.3. The Kier molecular flexibility index (Phi) is 6.53. The van der Waals surface area contributed by atoms with E-state index < -0.39 is 27.8 Å². The summed E-state index contributed by atoms with van der Waals surface area (Å²) < 4.78 is 4.93. The third kappa shape index (κ3) is 5.21. The Morgan fingerprint density at radius 1 is 1.00 bits per heavy atom. The van der Waals surface area contributed by atoms with Crippen LogP contribution in [0.3, 0.4) is 0 Å². The molecule has 10 heteroatoms. The smallest absolute Gasteiger partial charge is 0.331 e. The van der Waals surface area contributed by atoms with Crippen molar-refractivity contribution < 1.29 is 24.2 Å². The minimum Gasteiger partial charge on any atom is -0.449 e. The van der Waals surface area contributed by atoms with Gasteiger partial charge in [-0.15, -0.1) is 0 Å². The lowest BCUT2D eigenvalue weighted by molar-refractivity contribution is -0.385. The molecule has 0 fully saturated rings. The Labute approximate surface area is 158 Å². The molecule has 0 aromatic heterocycles. The van der Waals surface area contributed by atoms with E-state index in [2.05, 4.69) is 5.32 Å². The molecule has 28 heavy (non-hydrogen) atoms. The number of nitro groups is 2. The van der Waals surface area contributed by atoms with E-state index in [0.717, 1.165) is 6.08 Å². The summed E-state index contributed by atoms with van der Waals surface area (Å²) in [4.78, 5) is 44.6. The molecule has 2 rings (SSSR count). The summed E-state index contributed by atoms with van der Waals surface area (Å²) in [6, 6.07) is 11.3. The van der Waals surface area contributed by atoms with Crippen LogP contribution >= 0.6 is 0 Å². The molecular formula is C18H15N3O7. The van der Waals surface area contributed by atoms with E-state index in [1.165, 1.54) is 55.5 Å². The first-order valence-corrected chi connectivity index (χ1v) is 7.96. The number of amides is 1. The maximum atomic E-state index is 12.1. The highest BCUT2D eigenvalue weighted by Gasteiger charge is 2.21. The van der Waals surface area contributed by atoms with Crippen LogP contribution in [0.4, 0.5) is 17.1 Å². The minimum absolute atomic E-state index is 0.0316. The summed E-state index contributed by atoms with van der Waals surface area (Å²) >= 11 is 0. The van der Waals surface area contributed by atoms with E-state index in [1.807, 2.05) is 0 Å². The number of rotatable bonds is 7. The Balaban J connectivity index is 2.02. The summed E-state index contributed by atoms with van der Waals surface area (Å²) in [5, 5.41) is 24.2. The number of ether oxygens (including phenoxy) is 1. The van der Waals surface area contributed by atoms with Crippen LogP contribution in [0.5, 0.6) is 0 Å². The molecule has 1 amide bonds. The second kappa shape index (κ2) is 9.03. The van der Waals surface area contributed by atoms with Gasteiger partial charge in [-0.3, -0.25) is 25.0 Å². The van der Waals surface area contributed by atoms with Gasteiger partial charge in [0.25, 0.3) is 17.3 Å². The van der Waals surface area contributed by atoms with Crippen LogP contribution in [-0.4, -0.2) is 27.8 Å². The Morgan fingerprint density at radius 2 is 1.57 bits per heavy atom. The molecular weight excluding hydrogens is 370 g/mol. The van der Waals surface area contributed by atoms with Crippen molar-refractivity contribution in [2.24, 2.45) is 0 Å². The van der Waals surface area contributed by atoms with E-state index in [1.54, 1.807) is 6.07 Å². The standard InChI is InChI=1S/C18H15N3O7/c1-12(18(23)19-14-7-3-5-9-16(14)21(26)27)28-17(22)11-10-13-6-2-4-8-15(13)20(24)25/h2-12H,1H3,(H,19,23)/b11-10+. The lowest BCUT2D eigenvalue weighted by Crippen LogP contribution is -2.29. The number of hydrogen-bond acceptors (Lipinski definition) is 7. The summed E-state index contributed by atoms with van der Waals surface area (Å²) in [7, 11) is 0. The molecule has 0 saturated carbocycles. The Bertz CT molecular complexity index is 956. The summed E-state index contributed by atoms with van der Waals surface area (Å²) in [5.41, 5.74) is -0.322. The van der Waals surface area contributed by atoms with E-state index in [9.17, 15) is 29.8 Å². The normalized spacial score (nSPS) is 11.6. The maximum Gasteiger partial charge on any atom is 0.331 e. The first-order valence-electron chi connectivity index (χ1n) is 7.96. The monoisotopic (exact) mass is 385 g/mol. The average Bonchev–Trinajstić information content (AvgIpc) is 2.66. The van der Waals surface area contributed by atoms with Crippen molar-refractivity contribution in [3.63, 3.8) is 0 Å². The molecule has 0 aliphatic rings. The second-order valence-corrected chi connectivity index (χ2v) is 5.49. The number of para-hydroxylation sites is 3. The number of esters is 1. The van der Waals surface area contributed by atoms with Crippen LogP contribution in [0.25, 0.3) is 6.08 Å². The molecule has 1 unspecified atom stereocenters. The summed E-state index contributed by atoms with van der Waals surface area (Å²) in [6.45, 7) is 1.29. The van der Waals surface area contributed by atoms with Crippen LogP contribution in [0, 0.1) is 20.2 Å². The fourth-order valence-corrected chi connectivity index (χ4v) is 2.19. The van der Waals surface area contributed by atoms with E-state index in [0.29, 0.717) is 0 Å². The zero-order valence-corrected chi connectivity index (χ0v) is 14.6. The van der Waals surface area contributed by atoms with Crippen molar-refractivity contribution in [2.75, 3.05) is 5.32 Å². The predicted octanol–water partition coefficient (Wildman–Crippen LogP) is 3.09. The summed E-state index contributed by atoms with van der Waals surface area (Å²) in [6.07, 6.45) is 0.909. The highest BCUT2D eigenvalue weighted by molar-refractivity contribution is 5.98. The fourth-order valence-electron chi connectivity index (χ4n) is 2.19. The van der Waals surface area contributed by atoms with E-state index >= 15 is 0 Å². The average molecular weight is 385 g/mol. The zero-order valence-electron chi connectivity index (χ0n) is 14.6. The molecule has 1 atom stereocenters. The van der Waals surface area contributed by atoms with Crippen LogP contribution in [-0.2, 0) is 14.3 Å². The van der Waals surface area contributed by atoms with Crippen LogP contribution < -0.4 is 5.32 Å². The van der Waals surface area contributed by atoms with Gasteiger partial charge < -0.3 is 10.1 Å². The molecule has 10 nitrogen and oxygen atoms in total. The highest BCUT2D eigenvalue weighted by atomic mass is 16.6. The second-order valence-electron chi connectivity index (χ2n) is 5.49. The minimum atomic E-state index is -1.25. The molecule has 0 aliphatic heterocycles. The lowest BCUT2D eigenvalue weighted by Gasteiger charge is -2.12. The SMILES string of the molecule is CC(OC(=O)/C=C/c1ccccc1[N+](=O)[O-])C(=O)Nc1ccccc1[N+](=O)[O-]. The Morgan fingerprint density at radius 3 is 2.21 bits per heavy atom. The fraction of sp³-hybridized carbons (Fsp3) is 0.111. The van der Waals surface area contributed by atoms with Crippen molar-refractivity contribution in [2.45, 2.75) is 13.0 Å². The van der Waals surface area contributed by atoms with Gasteiger partial charge >= 0.3 is 5.97 Å². The third-order valence-electron chi connectivity index (χ3n) is 3.55. The molecule has 0 saturated heterocycles. The lowest BCUT2D eigenvalue weighted by atomic mass is 10.1. The number of nitrogens with zero attached hydrogens (tertiary/aromatic N) is 2. The number of carbonyl (C=O) groups excluding carboxylic acids is 2. The zero-order chi connectivity index (χ0) is 20.7. The van der Waals surface area contributed by atoms with Gasteiger partial charge in [0.15, 0.2) is 6.10 Å². The number of anilines is 1. The van der Waals surface area contributed by atoms with Gasteiger partial charge in [0.1, 0.15) is 5.69 Å². The van der Waals surface area contributed by atoms with Crippen molar-refractivity contribution in [3.05, 3.63) is 80.4 Å². The Hall–Kier alpha value is -4.08. The van der Waals surface area contributed by atoms with Crippen molar-refractivity contribution in [1.29, 1.82) is 0 Å². The van der Waals surface area contributed by atoms with Crippen LogP contribution in [0.15, 0.2) is 54.6 Å². The molecule has 0 spiro atoms. The first kappa shape index (κ1) is 20.2. The predicted molar refractivity (Wildman–Crippen MR) is 99.4 cm³/mol. The highest BCUT2D eigenvalue weighted by Crippen LogP contribution is 2.23. The van der Waals surface area contributed by atoms with Gasteiger partial charge in [0, 0.05) is 18.2 Å². The van der Waals surface area contributed by atoms with Crippen LogP contribution in [0.1, 0.15) is 12.5 Å². The van der Waals surface area contributed by atoms with Gasteiger partial charge in [0.05, 0.1) is 15.4 Å². The van der Waals surface area contributed by atoms with Gasteiger partial charge in [-0.05, 0) is 25.1 Å². The maximum absolute atomic E-state index is 12.1. The quantitative estimate of drug-likeness (QED) is 0.334. The number of nitro benzene ring substituents is 2. The van der Waals surface area contributed by atoms with Gasteiger partial charge in [-0.25, -0.2) is 4.79 Å². The van der Waals surface area contributed by atoms with Gasteiger partial charge in [-0.1, -0.05) is 24.3 Å². The summed E-state index contributed by atoms with van der Waals surface area (Å²) in [5.74, 6) is -1.66. The molecule has 2 aromatic carbocycles. The molecule has 0 aliphatic carbocycles. The molecule has 0 heterocycles. The largest absolute Gasteiger partial charge is 0.449 e. The van der Waals surface area contributed by atoms with E-state index in [4.69, 9.17) is 4.74 Å². The van der Waals surface area contributed by atoms with Crippen molar-refractivity contribution >= 4 is 35.0 Å². The molecule has 2 aromatic rings. The molecule has 144 valence electrons. The number of benzene rings is 2. The topological polar surface area (TPSA) is 142 Å². The van der Waals surface area contributed by atoms with Gasteiger partial charge in [0.2, 0.25) is 0 Å². The van der Waals surface area contributed by atoms with Gasteiger partial charge in [-0.2, -0.15) is 0 Å².